The molecule has 0 saturated heterocycles. The molecule has 1 rings (SSSR count). The molecule has 1 N–H and O–H groups in total. The summed E-state index contributed by atoms with van der Waals surface area (Å²) in [5.41, 5.74) is 0.0351. The molecule has 0 aliphatic carbocycles. The van der Waals surface area contributed by atoms with Crippen LogP contribution in [0.25, 0.3) is 0 Å². The van der Waals surface area contributed by atoms with Crippen LogP contribution < -0.4 is 0 Å². The van der Waals surface area contributed by atoms with Crippen LogP contribution in [0.1, 0.15) is 36.5 Å². The van der Waals surface area contributed by atoms with Crippen molar-refractivity contribution in [2.45, 2.75) is 32.3 Å². The molecule has 0 bridgehead atoms. The molecule has 0 heterocycles. The molecule has 104 valence electrons. The van der Waals surface area contributed by atoms with Gasteiger partial charge in [-0.3, -0.25) is 0 Å². The Labute approximate surface area is 112 Å². The monoisotopic (exact) mass is 266 g/mol. The van der Waals surface area contributed by atoms with Crippen molar-refractivity contribution < 1.29 is 24.2 Å². The van der Waals surface area contributed by atoms with E-state index in [4.69, 9.17) is 4.74 Å². The highest BCUT2D eigenvalue weighted by atomic mass is 16.6. The number of carbonyl (C=O) groups excluding carboxylic acids is 2. The minimum absolute atomic E-state index is 0.0351. The molecule has 1 unspecified atom stereocenters. The van der Waals surface area contributed by atoms with Gasteiger partial charge in [-0.15, -0.1) is 0 Å². The van der Waals surface area contributed by atoms with Crippen LogP contribution in [0.2, 0.25) is 0 Å². The lowest BCUT2D eigenvalue weighted by atomic mass is 10.1. The van der Waals surface area contributed by atoms with Crippen molar-refractivity contribution in [3.63, 3.8) is 0 Å². The number of para-hydroxylation sites is 1. The average Bonchev–Trinajstić information content (AvgIpc) is 2.42. The highest BCUT2D eigenvalue weighted by Gasteiger charge is 2.24. The second-order valence-corrected chi connectivity index (χ2v) is 4.08. The maximum absolute atomic E-state index is 11.9. The lowest BCUT2D eigenvalue weighted by molar-refractivity contribution is -0.151. The number of hydrogen-bond donors (Lipinski definition) is 1. The molecule has 19 heavy (non-hydrogen) atoms. The van der Waals surface area contributed by atoms with Gasteiger partial charge in [-0.2, -0.15) is 0 Å². The lowest BCUT2D eigenvalue weighted by Crippen LogP contribution is -2.28. The van der Waals surface area contributed by atoms with E-state index in [-0.39, 0.29) is 11.3 Å². The third kappa shape index (κ3) is 4.28. The van der Waals surface area contributed by atoms with Gasteiger partial charge in [0.1, 0.15) is 11.3 Å². The van der Waals surface area contributed by atoms with Gasteiger partial charge < -0.3 is 14.6 Å². The molecule has 0 aromatic heterocycles. The summed E-state index contributed by atoms with van der Waals surface area (Å²) >= 11 is 0. The Morgan fingerprint density at radius 3 is 2.58 bits per heavy atom. The van der Waals surface area contributed by atoms with E-state index in [1.807, 2.05) is 6.92 Å². The quantitative estimate of drug-likeness (QED) is 0.800. The molecule has 5 heteroatoms. The Balaban J connectivity index is 2.76. The Morgan fingerprint density at radius 2 is 2.00 bits per heavy atom. The number of esters is 2. The van der Waals surface area contributed by atoms with Crippen LogP contribution in [-0.2, 0) is 14.3 Å². The number of methoxy groups -OCH3 is 1. The zero-order valence-corrected chi connectivity index (χ0v) is 11.1. The molecule has 1 aromatic carbocycles. The fraction of sp³-hybridized carbons (Fsp3) is 0.429. The largest absolute Gasteiger partial charge is 0.507 e. The summed E-state index contributed by atoms with van der Waals surface area (Å²) in [4.78, 5) is 23.4. The van der Waals surface area contributed by atoms with Crippen molar-refractivity contribution in [2.75, 3.05) is 7.11 Å². The molecule has 1 aromatic rings. The van der Waals surface area contributed by atoms with Crippen molar-refractivity contribution in [3.8, 4) is 5.75 Å². The van der Waals surface area contributed by atoms with E-state index in [0.717, 1.165) is 12.8 Å². The number of rotatable bonds is 6. The number of carbonyl (C=O) groups is 2. The maximum Gasteiger partial charge on any atom is 0.347 e. The van der Waals surface area contributed by atoms with Gasteiger partial charge in [0.2, 0.25) is 0 Å². The Hall–Kier alpha value is -2.04. The number of benzene rings is 1. The number of ether oxygens (including phenoxy) is 2. The topological polar surface area (TPSA) is 72.8 Å². The molecule has 0 spiro atoms. The lowest BCUT2D eigenvalue weighted by Gasteiger charge is -2.15. The van der Waals surface area contributed by atoms with Crippen molar-refractivity contribution >= 4 is 11.9 Å². The van der Waals surface area contributed by atoms with Crippen molar-refractivity contribution in [1.29, 1.82) is 0 Å². The number of phenols is 1. The SMILES string of the molecule is CCCCC(OC(=O)c1ccccc1O)C(=O)OC. The van der Waals surface area contributed by atoms with Gasteiger partial charge >= 0.3 is 11.9 Å². The number of unbranched alkanes of at least 4 members (excludes halogenated alkanes) is 1. The van der Waals surface area contributed by atoms with E-state index in [1.165, 1.54) is 19.2 Å². The van der Waals surface area contributed by atoms with Crippen LogP contribution in [0.5, 0.6) is 5.75 Å². The molecule has 0 saturated carbocycles. The normalized spacial score (nSPS) is 11.7. The Bertz CT molecular complexity index is 441. The summed E-state index contributed by atoms with van der Waals surface area (Å²) in [6, 6.07) is 6.03. The van der Waals surface area contributed by atoms with Gasteiger partial charge in [0.15, 0.2) is 6.10 Å². The molecule has 1 atom stereocenters. The maximum atomic E-state index is 11.9. The summed E-state index contributed by atoms with van der Waals surface area (Å²) in [7, 11) is 1.25. The molecule has 0 fully saturated rings. The van der Waals surface area contributed by atoms with Gasteiger partial charge in [0.05, 0.1) is 7.11 Å². The first kappa shape index (κ1) is 15.0. The summed E-state index contributed by atoms with van der Waals surface area (Å²) in [5.74, 6) is -1.49. The first-order valence-electron chi connectivity index (χ1n) is 6.17. The molecule has 0 aliphatic heterocycles. The summed E-state index contributed by atoms with van der Waals surface area (Å²) in [6.45, 7) is 1.97. The molecule has 0 aliphatic rings. The van der Waals surface area contributed by atoms with E-state index in [9.17, 15) is 14.7 Å². The molecular weight excluding hydrogens is 248 g/mol. The predicted octanol–water partition coefficient (Wildman–Crippen LogP) is 2.28. The van der Waals surface area contributed by atoms with Crippen LogP contribution in [0, 0.1) is 0 Å². The smallest absolute Gasteiger partial charge is 0.347 e. The number of phenolic OH excluding ortho intramolecular Hbond substituents is 1. The van der Waals surface area contributed by atoms with Crippen molar-refractivity contribution in [3.05, 3.63) is 29.8 Å². The predicted molar refractivity (Wildman–Crippen MR) is 68.9 cm³/mol. The molecular formula is C14H18O5. The van der Waals surface area contributed by atoms with Crippen molar-refractivity contribution in [1.82, 2.24) is 0 Å². The highest BCUT2D eigenvalue weighted by Crippen LogP contribution is 2.18. The fourth-order valence-electron chi connectivity index (χ4n) is 1.58. The van der Waals surface area contributed by atoms with Gasteiger partial charge in [-0.05, 0) is 25.0 Å². The van der Waals surface area contributed by atoms with E-state index in [0.29, 0.717) is 6.42 Å². The minimum atomic E-state index is -0.933. The van der Waals surface area contributed by atoms with E-state index < -0.39 is 18.0 Å². The first-order chi connectivity index (χ1) is 9.10. The molecule has 0 amide bonds. The first-order valence-corrected chi connectivity index (χ1v) is 6.17. The molecule has 0 radical (unpaired) electrons. The standard InChI is InChI=1S/C14H18O5/c1-3-4-9-12(14(17)18-2)19-13(16)10-7-5-6-8-11(10)15/h5-8,12,15H,3-4,9H2,1-2H3. The van der Waals surface area contributed by atoms with Gasteiger partial charge in [0.25, 0.3) is 0 Å². The van der Waals surface area contributed by atoms with E-state index in [2.05, 4.69) is 4.74 Å². The average molecular weight is 266 g/mol. The van der Waals surface area contributed by atoms with Gasteiger partial charge in [-0.1, -0.05) is 25.5 Å². The minimum Gasteiger partial charge on any atom is -0.507 e. The fourth-order valence-corrected chi connectivity index (χ4v) is 1.58. The zero-order chi connectivity index (χ0) is 14.3. The van der Waals surface area contributed by atoms with Crippen LogP contribution in [0.3, 0.4) is 0 Å². The van der Waals surface area contributed by atoms with Crippen LogP contribution in [0.15, 0.2) is 24.3 Å². The van der Waals surface area contributed by atoms with Crippen LogP contribution in [-0.4, -0.2) is 30.3 Å². The number of aromatic hydroxyl groups is 1. The van der Waals surface area contributed by atoms with E-state index in [1.54, 1.807) is 12.1 Å². The summed E-state index contributed by atoms with van der Waals surface area (Å²) in [6.07, 6.45) is 1.09. The van der Waals surface area contributed by atoms with E-state index >= 15 is 0 Å². The third-order valence-electron chi connectivity index (χ3n) is 2.66. The molecule has 5 nitrogen and oxygen atoms in total. The number of hydrogen-bond acceptors (Lipinski definition) is 5. The van der Waals surface area contributed by atoms with Crippen LogP contribution in [0.4, 0.5) is 0 Å². The highest BCUT2D eigenvalue weighted by molar-refractivity contribution is 5.93. The summed E-state index contributed by atoms with van der Waals surface area (Å²) in [5, 5.41) is 9.55. The summed E-state index contributed by atoms with van der Waals surface area (Å²) < 4.78 is 9.70. The second kappa shape index (κ2) is 7.41. The second-order valence-electron chi connectivity index (χ2n) is 4.08. The Kier molecular flexibility index (Phi) is 5.85. The van der Waals surface area contributed by atoms with Gasteiger partial charge in [0, 0.05) is 0 Å². The Morgan fingerprint density at radius 1 is 1.32 bits per heavy atom. The third-order valence-corrected chi connectivity index (χ3v) is 2.66. The van der Waals surface area contributed by atoms with Crippen molar-refractivity contribution in [2.24, 2.45) is 0 Å². The van der Waals surface area contributed by atoms with Gasteiger partial charge in [-0.25, -0.2) is 9.59 Å². The zero-order valence-electron chi connectivity index (χ0n) is 11.1. The van der Waals surface area contributed by atoms with Crippen LogP contribution >= 0.6 is 0 Å².